The van der Waals surface area contributed by atoms with Crippen molar-refractivity contribution in [3.63, 3.8) is 0 Å². The van der Waals surface area contributed by atoms with Gasteiger partial charge in [-0.2, -0.15) is 0 Å². The van der Waals surface area contributed by atoms with Gasteiger partial charge in [-0.3, -0.25) is 9.59 Å². The lowest BCUT2D eigenvalue weighted by atomic mass is 10.2. The minimum Gasteiger partial charge on any atom is -0.423 e. The Labute approximate surface area is 201 Å². The summed E-state index contributed by atoms with van der Waals surface area (Å²) in [5.74, 6) is -1.36. The van der Waals surface area contributed by atoms with Crippen LogP contribution in [0.25, 0.3) is 0 Å². The van der Waals surface area contributed by atoms with Gasteiger partial charge in [-0.05, 0) is 72.8 Å². The van der Waals surface area contributed by atoms with E-state index in [4.69, 9.17) is 27.9 Å². The second-order valence-corrected chi connectivity index (χ2v) is 8.39. The zero-order valence-electron chi connectivity index (χ0n) is 16.1. The molecule has 4 rings (SSSR count). The second-order valence-electron chi connectivity index (χ2n) is 6.66. The van der Waals surface area contributed by atoms with Crippen LogP contribution in [0.15, 0.2) is 88.0 Å². The largest absolute Gasteiger partial charge is 0.423 e. The van der Waals surface area contributed by atoms with E-state index < -0.39 is 17.8 Å². The van der Waals surface area contributed by atoms with Gasteiger partial charge in [0.05, 0.1) is 11.3 Å². The molecule has 6 nitrogen and oxygen atoms in total. The minimum absolute atomic E-state index is 0.0585. The monoisotopic (exact) mass is 530 g/mol. The Bertz CT molecular complexity index is 1240. The van der Waals surface area contributed by atoms with Crippen LogP contribution in [0.5, 0.6) is 5.75 Å². The third kappa shape index (κ3) is 4.55. The van der Waals surface area contributed by atoms with Gasteiger partial charge in [0.15, 0.2) is 0 Å². The fourth-order valence-electron chi connectivity index (χ4n) is 2.94. The Morgan fingerprint density at radius 1 is 0.844 bits per heavy atom. The molecule has 0 saturated carbocycles. The highest BCUT2D eigenvalue weighted by molar-refractivity contribution is 9.10. The highest BCUT2D eigenvalue weighted by Gasteiger charge is 2.38. The van der Waals surface area contributed by atoms with Crippen LogP contribution in [0.4, 0.5) is 11.4 Å². The molecule has 1 N–H and O–H groups in total. The quantitative estimate of drug-likeness (QED) is 0.257. The van der Waals surface area contributed by atoms with Crippen molar-refractivity contribution in [2.75, 3.05) is 10.2 Å². The summed E-state index contributed by atoms with van der Waals surface area (Å²) in [5, 5.41) is 3.10. The number of amides is 2. The number of benzene rings is 3. The molecule has 9 heteroatoms. The number of halogens is 3. The Morgan fingerprint density at radius 2 is 1.47 bits per heavy atom. The van der Waals surface area contributed by atoms with E-state index in [9.17, 15) is 14.4 Å². The minimum atomic E-state index is -0.642. The van der Waals surface area contributed by atoms with Crippen LogP contribution < -0.4 is 15.0 Å². The zero-order valence-corrected chi connectivity index (χ0v) is 19.2. The number of carbonyl (C=O) groups excluding carboxylic acids is 3. The second kappa shape index (κ2) is 9.16. The first kappa shape index (κ1) is 22.1. The number of hydrogen-bond acceptors (Lipinski definition) is 5. The lowest BCUT2D eigenvalue weighted by molar-refractivity contribution is -0.120. The number of carbonyl (C=O) groups is 3. The number of hydrogen-bond donors (Lipinski definition) is 1. The summed E-state index contributed by atoms with van der Waals surface area (Å²) >= 11 is 15.3. The summed E-state index contributed by atoms with van der Waals surface area (Å²) in [5.41, 5.74) is 1.08. The first-order valence-corrected chi connectivity index (χ1v) is 10.8. The number of rotatable bonds is 5. The molecule has 0 spiro atoms. The molecule has 0 atom stereocenters. The Balaban J connectivity index is 1.47. The van der Waals surface area contributed by atoms with Gasteiger partial charge >= 0.3 is 5.97 Å². The molecular formula is C23H13BrCl2N2O4. The van der Waals surface area contributed by atoms with Crippen LogP contribution >= 0.6 is 39.1 Å². The maximum atomic E-state index is 12.8. The van der Waals surface area contributed by atoms with Crippen molar-refractivity contribution in [3.05, 3.63) is 98.6 Å². The highest BCUT2D eigenvalue weighted by atomic mass is 79.9. The average molecular weight is 532 g/mol. The smallest absolute Gasteiger partial charge is 0.343 e. The van der Waals surface area contributed by atoms with Crippen LogP contribution in [-0.2, 0) is 9.59 Å². The molecular weight excluding hydrogens is 519 g/mol. The molecule has 32 heavy (non-hydrogen) atoms. The summed E-state index contributed by atoms with van der Waals surface area (Å²) in [6.07, 6.45) is 0. The summed E-state index contributed by atoms with van der Waals surface area (Å²) in [6.45, 7) is 0. The Morgan fingerprint density at radius 3 is 2.09 bits per heavy atom. The molecule has 1 aliphatic heterocycles. The maximum Gasteiger partial charge on any atom is 0.343 e. The number of nitrogens with one attached hydrogen (secondary N) is 1. The van der Waals surface area contributed by atoms with E-state index in [0.717, 1.165) is 9.37 Å². The van der Waals surface area contributed by atoms with Gasteiger partial charge in [0.25, 0.3) is 11.8 Å². The van der Waals surface area contributed by atoms with E-state index in [1.807, 2.05) is 0 Å². The van der Waals surface area contributed by atoms with E-state index >= 15 is 0 Å². The molecule has 0 unspecified atom stereocenters. The molecule has 0 bridgehead atoms. The number of imide groups is 1. The van der Waals surface area contributed by atoms with Gasteiger partial charge in [-0.15, -0.1) is 0 Å². The van der Waals surface area contributed by atoms with Crippen molar-refractivity contribution >= 4 is 68.3 Å². The van der Waals surface area contributed by atoms with Crippen molar-refractivity contribution in [1.29, 1.82) is 0 Å². The molecule has 3 aromatic rings. The predicted molar refractivity (Wildman–Crippen MR) is 126 cm³/mol. The summed E-state index contributed by atoms with van der Waals surface area (Å²) in [4.78, 5) is 38.6. The summed E-state index contributed by atoms with van der Waals surface area (Å²) < 4.78 is 6.19. The Kier molecular flexibility index (Phi) is 6.32. The number of ether oxygens (including phenoxy) is 1. The topological polar surface area (TPSA) is 75.7 Å². The van der Waals surface area contributed by atoms with Crippen LogP contribution in [0, 0.1) is 0 Å². The molecule has 0 saturated heterocycles. The van der Waals surface area contributed by atoms with Crippen molar-refractivity contribution < 1.29 is 19.1 Å². The normalized spacial score (nSPS) is 13.5. The summed E-state index contributed by atoms with van der Waals surface area (Å²) in [7, 11) is 0. The van der Waals surface area contributed by atoms with Crippen LogP contribution in [-0.4, -0.2) is 17.8 Å². The van der Waals surface area contributed by atoms with E-state index in [1.54, 1.807) is 60.7 Å². The molecule has 0 fully saturated rings. The van der Waals surface area contributed by atoms with Gasteiger partial charge in [0.1, 0.15) is 16.5 Å². The predicted octanol–water partition coefficient (Wildman–Crippen LogP) is 5.76. The third-order valence-electron chi connectivity index (χ3n) is 4.53. The first-order chi connectivity index (χ1) is 15.3. The lowest BCUT2D eigenvalue weighted by Gasteiger charge is -2.15. The summed E-state index contributed by atoms with van der Waals surface area (Å²) in [6, 6.07) is 19.4. The van der Waals surface area contributed by atoms with Gasteiger partial charge in [-0.25, -0.2) is 9.69 Å². The molecule has 3 aromatic carbocycles. The number of anilines is 2. The zero-order chi connectivity index (χ0) is 22.8. The van der Waals surface area contributed by atoms with Gasteiger partial charge in [-0.1, -0.05) is 39.1 Å². The Hall–Kier alpha value is -3.13. The van der Waals surface area contributed by atoms with Crippen molar-refractivity contribution in [3.8, 4) is 5.75 Å². The van der Waals surface area contributed by atoms with Crippen molar-refractivity contribution in [1.82, 2.24) is 0 Å². The van der Waals surface area contributed by atoms with E-state index in [-0.39, 0.29) is 10.7 Å². The van der Waals surface area contributed by atoms with E-state index in [1.165, 1.54) is 12.1 Å². The molecule has 0 aliphatic carbocycles. The molecule has 1 heterocycles. The number of nitrogens with zero attached hydrogens (tertiary/aromatic N) is 1. The van der Waals surface area contributed by atoms with Crippen LogP contribution in [0.3, 0.4) is 0 Å². The van der Waals surface area contributed by atoms with Crippen molar-refractivity contribution in [2.45, 2.75) is 0 Å². The standard InChI is InChI=1S/C23H13BrCl2N2O4/c24-14-3-11-18(12-4-14)32-23(31)13-1-7-16(8-2-13)27-20-19(26)21(29)28(22(20)30)17-9-5-15(25)6-10-17/h1-12,27H. The molecule has 0 radical (unpaired) electrons. The van der Waals surface area contributed by atoms with E-state index in [2.05, 4.69) is 21.2 Å². The number of esters is 1. The van der Waals surface area contributed by atoms with Gasteiger partial charge < -0.3 is 10.1 Å². The fraction of sp³-hybridized carbons (Fsp3) is 0. The van der Waals surface area contributed by atoms with Crippen LogP contribution in [0.2, 0.25) is 5.02 Å². The average Bonchev–Trinajstić information content (AvgIpc) is 3.00. The SMILES string of the molecule is O=C(Oc1ccc(Br)cc1)c1ccc(NC2=C(Cl)C(=O)N(c3ccc(Cl)cc3)C2=O)cc1. The highest BCUT2D eigenvalue weighted by Crippen LogP contribution is 2.31. The van der Waals surface area contributed by atoms with E-state index in [0.29, 0.717) is 27.7 Å². The molecule has 1 aliphatic rings. The maximum absolute atomic E-state index is 12.8. The fourth-order valence-corrected chi connectivity index (χ4v) is 3.54. The van der Waals surface area contributed by atoms with Crippen molar-refractivity contribution in [2.24, 2.45) is 0 Å². The van der Waals surface area contributed by atoms with Gasteiger partial charge in [0, 0.05) is 15.2 Å². The molecule has 0 aromatic heterocycles. The molecule has 2 amide bonds. The first-order valence-electron chi connectivity index (χ1n) is 9.22. The molecule has 160 valence electrons. The lowest BCUT2D eigenvalue weighted by Crippen LogP contribution is -2.32. The van der Waals surface area contributed by atoms with Gasteiger partial charge in [0.2, 0.25) is 0 Å². The van der Waals surface area contributed by atoms with Crippen LogP contribution in [0.1, 0.15) is 10.4 Å². The third-order valence-corrected chi connectivity index (χ3v) is 5.66.